The highest BCUT2D eigenvalue weighted by Gasteiger charge is 2.08. The van der Waals surface area contributed by atoms with E-state index in [2.05, 4.69) is 19.1 Å². The molecule has 0 N–H and O–H groups in total. The van der Waals surface area contributed by atoms with Gasteiger partial charge in [-0.15, -0.1) is 0 Å². The molecule has 1 aromatic carbocycles. The second-order valence-electron chi connectivity index (χ2n) is 4.64. The molecule has 0 aromatic heterocycles. The van der Waals surface area contributed by atoms with Crippen LogP contribution in [0.15, 0.2) is 48.6 Å². The van der Waals surface area contributed by atoms with Gasteiger partial charge in [0.25, 0.3) is 0 Å². The normalized spacial score (nSPS) is 11.3. The zero-order valence-electron chi connectivity index (χ0n) is 12.1. The highest BCUT2D eigenvalue weighted by Crippen LogP contribution is 2.18. The van der Waals surface area contributed by atoms with Gasteiger partial charge >= 0.3 is 0 Å². The van der Waals surface area contributed by atoms with Crippen LogP contribution < -0.4 is 4.90 Å². The molecule has 0 unspecified atom stereocenters. The summed E-state index contributed by atoms with van der Waals surface area (Å²) in [5, 5.41) is 0. The van der Waals surface area contributed by atoms with E-state index in [0.717, 1.165) is 30.5 Å². The fourth-order valence-corrected chi connectivity index (χ4v) is 1.83. The molecule has 0 saturated heterocycles. The standard InChI is InChI=1S/C17H23NO/c1-4-5-6-7-8-9-14-17(19)15-12-10-11-13-16(15)18(2)3/h5-6,9-14H,4,7-8H2,1-3H3/b6-5-,14-9+. The van der Waals surface area contributed by atoms with Crippen LogP contribution in [0.5, 0.6) is 0 Å². The number of unbranched alkanes of at least 4 members (excludes halogenated alkanes) is 1. The third-order valence-corrected chi connectivity index (χ3v) is 2.82. The zero-order valence-corrected chi connectivity index (χ0v) is 12.1. The SMILES string of the molecule is CC/C=C\CC/C=C/C(=O)c1ccccc1N(C)C. The first-order chi connectivity index (χ1) is 9.16. The fraction of sp³-hybridized carbons (Fsp3) is 0.353. The van der Waals surface area contributed by atoms with Crippen LogP contribution in [0.4, 0.5) is 5.69 Å². The molecule has 1 rings (SSSR count). The molecule has 19 heavy (non-hydrogen) atoms. The van der Waals surface area contributed by atoms with Gasteiger partial charge in [-0.3, -0.25) is 4.79 Å². The maximum absolute atomic E-state index is 12.1. The Morgan fingerprint density at radius 3 is 2.47 bits per heavy atom. The average molecular weight is 257 g/mol. The Labute approximate surface area is 116 Å². The number of allylic oxidation sites excluding steroid dienone is 4. The Hall–Kier alpha value is -1.83. The summed E-state index contributed by atoms with van der Waals surface area (Å²) in [5.41, 5.74) is 1.72. The molecule has 0 heterocycles. The Morgan fingerprint density at radius 2 is 1.79 bits per heavy atom. The van der Waals surface area contributed by atoms with Gasteiger partial charge in [0.15, 0.2) is 5.78 Å². The summed E-state index contributed by atoms with van der Waals surface area (Å²) in [6.45, 7) is 2.12. The van der Waals surface area contributed by atoms with E-state index in [1.165, 1.54) is 0 Å². The molecule has 0 amide bonds. The number of hydrogen-bond donors (Lipinski definition) is 0. The summed E-state index contributed by atoms with van der Waals surface area (Å²) in [7, 11) is 3.90. The van der Waals surface area contributed by atoms with Gasteiger partial charge in [-0.25, -0.2) is 0 Å². The van der Waals surface area contributed by atoms with Gasteiger partial charge in [0.05, 0.1) is 0 Å². The Balaban J connectivity index is 2.63. The van der Waals surface area contributed by atoms with Crippen molar-refractivity contribution in [3.05, 3.63) is 54.1 Å². The van der Waals surface area contributed by atoms with Gasteiger partial charge in [0.1, 0.15) is 0 Å². The minimum Gasteiger partial charge on any atom is -0.377 e. The minimum atomic E-state index is 0.0729. The second kappa shape index (κ2) is 8.30. The van der Waals surface area contributed by atoms with Crippen LogP contribution in [0.1, 0.15) is 36.5 Å². The van der Waals surface area contributed by atoms with Crippen molar-refractivity contribution in [1.29, 1.82) is 0 Å². The summed E-state index contributed by atoms with van der Waals surface area (Å²) >= 11 is 0. The van der Waals surface area contributed by atoms with Gasteiger partial charge < -0.3 is 4.90 Å². The van der Waals surface area contributed by atoms with Crippen LogP contribution in [0.25, 0.3) is 0 Å². The molecule has 1 aromatic rings. The molecule has 0 bridgehead atoms. The van der Waals surface area contributed by atoms with Crippen molar-refractivity contribution < 1.29 is 4.79 Å². The van der Waals surface area contributed by atoms with Crippen molar-refractivity contribution >= 4 is 11.5 Å². The number of carbonyl (C=O) groups excluding carboxylic acids is 1. The topological polar surface area (TPSA) is 20.3 Å². The van der Waals surface area contributed by atoms with Gasteiger partial charge in [0.2, 0.25) is 0 Å². The number of nitrogens with zero attached hydrogens (tertiary/aromatic N) is 1. The predicted molar refractivity (Wildman–Crippen MR) is 82.9 cm³/mol. The maximum Gasteiger partial charge on any atom is 0.187 e. The number of rotatable bonds is 7. The molecule has 2 heteroatoms. The number of para-hydroxylation sites is 1. The van der Waals surface area contributed by atoms with Crippen LogP contribution in [0, 0.1) is 0 Å². The van der Waals surface area contributed by atoms with Crippen LogP contribution in [0.3, 0.4) is 0 Å². The lowest BCUT2D eigenvalue weighted by Gasteiger charge is -2.15. The van der Waals surface area contributed by atoms with Crippen LogP contribution in [0.2, 0.25) is 0 Å². The number of carbonyl (C=O) groups is 1. The lowest BCUT2D eigenvalue weighted by Crippen LogP contribution is -2.13. The highest BCUT2D eigenvalue weighted by atomic mass is 16.1. The molecule has 0 saturated carbocycles. The van der Waals surface area contributed by atoms with Crippen LogP contribution >= 0.6 is 0 Å². The number of benzene rings is 1. The van der Waals surface area contributed by atoms with E-state index in [-0.39, 0.29) is 5.78 Å². The summed E-state index contributed by atoms with van der Waals surface area (Å²) in [6.07, 6.45) is 10.9. The first-order valence-corrected chi connectivity index (χ1v) is 6.79. The van der Waals surface area contributed by atoms with Gasteiger partial charge in [-0.2, -0.15) is 0 Å². The molecular weight excluding hydrogens is 234 g/mol. The van der Waals surface area contributed by atoms with Crippen molar-refractivity contribution in [3.63, 3.8) is 0 Å². The number of hydrogen-bond acceptors (Lipinski definition) is 2. The molecule has 0 aliphatic carbocycles. The predicted octanol–water partition coefficient (Wildman–Crippen LogP) is 4.24. The fourth-order valence-electron chi connectivity index (χ4n) is 1.83. The first-order valence-electron chi connectivity index (χ1n) is 6.79. The largest absolute Gasteiger partial charge is 0.377 e. The Bertz CT molecular complexity index is 458. The van der Waals surface area contributed by atoms with Gasteiger partial charge in [-0.1, -0.05) is 37.3 Å². The van der Waals surface area contributed by atoms with Crippen LogP contribution in [-0.2, 0) is 0 Å². The molecular formula is C17H23NO. The van der Waals surface area contributed by atoms with E-state index >= 15 is 0 Å². The van der Waals surface area contributed by atoms with Gasteiger partial charge in [0, 0.05) is 25.3 Å². The molecule has 0 aliphatic heterocycles. The molecule has 2 nitrogen and oxygen atoms in total. The summed E-state index contributed by atoms with van der Waals surface area (Å²) < 4.78 is 0. The number of anilines is 1. The molecule has 0 aliphatic rings. The lowest BCUT2D eigenvalue weighted by molar-refractivity contribution is 0.104. The van der Waals surface area contributed by atoms with E-state index in [9.17, 15) is 4.79 Å². The van der Waals surface area contributed by atoms with Crippen molar-refractivity contribution in [2.45, 2.75) is 26.2 Å². The van der Waals surface area contributed by atoms with Gasteiger partial charge in [-0.05, 0) is 37.5 Å². The lowest BCUT2D eigenvalue weighted by atomic mass is 10.1. The second-order valence-corrected chi connectivity index (χ2v) is 4.64. The summed E-state index contributed by atoms with van der Waals surface area (Å²) in [4.78, 5) is 14.1. The molecule has 0 atom stereocenters. The molecule has 0 spiro atoms. The van der Waals surface area contributed by atoms with Crippen molar-refractivity contribution in [2.75, 3.05) is 19.0 Å². The molecule has 102 valence electrons. The molecule has 0 radical (unpaired) electrons. The van der Waals surface area contributed by atoms with Crippen molar-refractivity contribution in [3.8, 4) is 0 Å². The maximum atomic E-state index is 12.1. The Morgan fingerprint density at radius 1 is 1.11 bits per heavy atom. The quantitative estimate of drug-likeness (QED) is 0.315. The third-order valence-electron chi connectivity index (χ3n) is 2.82. The average Bonchev–Trinajstić information content (AvgIpc) is 2.42. The third kappa shape index (κ3) is 5.12. The Kier molecular flexibility index (Phi) is 6.65. The smallest absolute Gasteiger partial charge is 0.187 e. The molecule has 0 fully saturated rings. The zero-order chi connectivity index (χ0) is 14.1. The van der Waals surface area contributed by atoms with E-state index in [1.807, 2.05) is 49.3 Å². The monoisotopic (exact) mass is 257 g/mol. The number of ketones is 1. The van der Waals surface area contributed by atoms with Crippen molar-refractivity contribution in [2.24, 2.45) is 0 Å². The minimum absolute atomic E-state index is 0.0729. The van der Waals surface area contributed by atoms with Crippen molar-refractivity contribution in [1.82, 2.24) is 0 Å². The van der Waals surface area contributed by atoms with E-state index in [0.29, 0.717) is 0 Å². The summed E-state index contributed by atoms with van der Waals surface area (Å²) in [6, 6.07) is 7.69. The van der Waals surface area contributed by atoms with Crippen LogP contribution in [-0.4, -0.2) is 19.9 Å². The summed E-state index contributed by atoms with van der Waals surface area (Å²) in [5.74, 6) is 0.0729. The first kappa shape index (κ1) is 15.2. The highest BCUT2D eigenvalue weighted by molar-refractivity contribution is 6.08. The van der Waals surface area contributed by atoms with E-state index in [1.54, 1.807) is 6.08 Å². The van der Waals surface area contributed by atoms with E-state index < -0.39 is 0 Å². The van der Waals surface area contributed by atoms with E-state index in [4.69, 9.17) is 0 Å².